The summed E-state index contributed by atoms with van der Waals surface area (Å²) in [5, 5.41) is 10.6. The Morgan fingerprint density at radius 2 is 1.85 bits per heavy atom. The van der Waals surface area contributed by atoms with Gasteiger partial charge in [0, 0.05) is 70.1 Å². The highest BCUT2D eigenvalue weighted by atomic mass is 35.5. The van der Waals surface area contributed by atoms with E-state index in [4.69, 9.17) is 11.6 Å². The predicted octanol–water partition coefficient (Wildman–Crippen LogP) is 5.60. The number of nitrogens with zero attached hydrogens (tertiary/aromatic N) is 3. The number of β-amino-alcohol motifs (C(OH)–C–C–N with tert-alkyl or cyclic N) is 1. The molecular formula is C27H30ClN3O2. The van der Waals surface area contributed by atoms with E-state index in [2.05, 4.69) is 42.9 Å². The van der Waals surface area contributed by atoms with Crippen molar-refractivity contribution in [2.75, 3.05) is 13.1 Å². The lowest BCUT2D eigenvalue weighted by Crippen LogP contribution is -2.45. The van der Waals surface area contributed by atoms with E-state index in [9.17, 15) is 9.90 Å². The zero-order chi connectivity index (χ0) is 23.8. The van der Waals surface area contributed by atoms with Crippen molar-refractivity contribution >= 4 is 17.5 Å². The number of aromatic nitrogens is 2. The molecule has 1 aliphatic heterocycles. The van der Waals surface area contributed by atoms with Crippen molar-refractivity contribution in [3.05, 3.63) is 71.3 Å². The van der Waals surface area contributed by atoms with E-state index in [1.165, 1.54) is 0 Å². The van der Waals surface area contributed by atoms with Gasteiger partial charge in [-0.2, -0.15) is 0 Å². The molecule has 1 N–H and O–H groups in total. The number of carbonyl (C=O) groups excluding carboxylic acids is 1. The first-order chi connectivity index (χ1) is 15.6. The van der Waals surface area contributed by atoms with Gasteiger partial charge < -0.3 is 10.0 Å². The summed E-state index contributed by atoms with van der Waals surface area (Å²) in [6.07, 6.45) is 5.75. The third-order valence-corrected chi connectivity index (χ3v) is 6.65. The molecule has 2 aromatic heterocycles. The zero-order valence-corrected chi connectivity index (χ0v) is 20.3. The Balaban J connectivity index is 1.60. The van der Waals surface area contributed by atoms with Crippen LogP contribution in [0.25, 0.3) is 22.3 Å². The minimum atomic E-state index is -0.488. The van der Waals surface area contributed by atoms with Gasteiger partial charge in [-0.3, -0.25) is 14.8 Å². The molecule has 0 bridgehead atoms. The molecule has 5 nitrogen and oxygen atoms in total. The molecule has 0 spiro atoms. The van der Waals surface area contributed by atoms with Crippen molar-refractivity contribution in [3.63, 3.8) is 0 Å². The van der Waals surface area contributed by atoms with Crippen molar-refractivity contribution in [2.45, 2.75) is 45.6 Å². The van der Waals surface area contributed by atoms with Crippen molar-refractivity contribution in [2.24, 2.45) is 5.92 Å². The summed E-state index contributed by atoms with van der Waals surface area (Å²) in [5.41, 5.74) is 5.22. The normalized spacial score (nSPS) is 18.9. The van der Waals surface area contributed by atoms with Gasteiger partial charge in [-0.1, -0.05) is 45.4 Å². The molecule has 4 rings (SSSR count). The molecule has 0 aliphatic carbocycles. The second-order valence-corrected chi connectivity index (χ2v) is 10.3. The summed E-state index contributed by atoms with van der Waals surface area (Å²) < 4.78 is 0. The van der Waals surface area contributed by atoms with E-state index >= 15 is 0 Å². The summed E-state index contributed by atoms with van der Waals surface area (Å²) in [6.45, 7) is 9.43. The molecule has 2 atom stereocenters. The Morgan fingerprint density at radius 3 is 2.55 bits per heavy atom. The Morgan fingerprint density at radius 1 is 1.09 bits per heavy atom. The maximum Gasteiger partial charge on any atom is 0.253 e. The monoisotopic (exact) mass is 463 g/mol. The number of likely N-dealkylation sites (tertiary alicyclic amines) is 1. The molecule has 0 saturated carbocycles. The van der Waals surface area contributed by atoms with Crippen molar-refractivity contribution in [3.8, 4) is 22.3 Å². The number of carbonyl (C=O) groups is 1. The van der Waals surface area contributed by atoms with Gasteiger partial charge in [0.25, 0.3) is 5.91 Å². The SMILES string of the molecule is C[C@H]1CCN(C(=O)c2ccc(-c3cncc(-c4ccnc(C(C)(C)C)c4)c3)c(Cl)c2)C[C@@H]1O. The summed E-state index contributed by atoms with van der Waals surface area (Å²) in [6, 6.07) is 11.5. The van der Waals surface area contributed by atoms with Gasteiger partial charge in [0.1, 0.15) is 0 Å². The third-order valence-electron chi connectivity index (χ3n) is 6.33. The molecule has 0 unspecified atom stereocenters. The molecule has 3 aromatic rings. The van der Waals surface area contributed by atoms with Gasteiger partial charge in [-0.05, 0) is 48.2 Å². The van der Waals surface area contributed by atoms with E-state index in [0.717, 1.165) is 34.4 Å². The van der Waals surface area contributed by atoms with E-state index in [0.29, 0.717) is 23.7 Å². The summed E-state index contributed by atoms with van der Waals surface area (Å²) in [5.74, 6) is 0.104. The molecule has 172 valence electrons. The third kappa shape index (κ3) is 5.10. The number of pyridine rings is 2. The molecule has 1 amide bonds. The first kappa shape index (κ1) is 23.4. The zero-order valence-electron chi connectivity index (χ0n) is 19.5. The fourth-order valence-corrected chi connectivity index (χ4v) is 4.35. The van der Waals surface area contributed by atoms with Gasteiger partial charge >= 0.3 is 0 Å². The lowest BCUT2D eigenvalue weighted by Gasteiger charge is -2.34. The van der Waals surface area contributed by atoms with Gasteiger partial charge in [0.2, 0.25) is 0 Å². The van der Waals surface area contributed by atoms with Gasteiger partial charge in [0.15, 0.2) is 0 Å². The van der Waals surface area contributed by atoms with Crippen LogP contribution >= 0.6 is 11.6 Å². The number of piperidine rings is 1. The van der Waals surface area contributed by atoms with Crippen LogP contribution in [0.1, 0.15) is 50.2 Å². The Labute approximate surface area is 200 Å². The first-order valence-electron chi connectivity index (χ1n) is 11.3. The largest absolute Gasteiger partial charge is 0.391 e. The predicted molar refractivity (Wildman–Crippen MR) is 132 cm³/mol. The molecule has 33 heavy (non-hydrogen) atoms. The molecule has 1 fully saturated rings. The number of hydrogen-bond donors (Lipinski definition) is 1. The maximum atomic E-state index is 12.9. The van der Waals surface area contributed by atoms with E-state index in [1.807, 2.05) is 31.5 Å². The van der Waals surface area contributed by atoms with Crippen LogP contribution in [-0.4, -0.2) is 45.1 Å². The summed E-state index contributed by atoms with van der Waals surface area (Å²) in [4.78, 5) is 23.6. The van der Waals surface area contributed by atoms with Crippen LogP contribution in [0.3, 0.4) is 0 Å². The lowest BCUT2D eigenvalue weighted by atomic mass is 9.90. The Bertz CT molecular complexity index is 1170. The van der Waals surface area contributed by atoms with E-state index in [1.54, 1.807) is 23.2 Å². The Hall–Kier alpha value is -2.76. The van der Waals surface area contributed by atoms with Crippen LogP contribution in [0.15, 0.2) is 55.0 Å². The maximum absolute atomic E-state index is 12.9. The first-order valence-corrected chi connectivity index (χ1v) is 11.7. The van der Waals surface area contributed by atoms with Crippen molar-refractivity contribution < 1.29 is 9.90 Å². The fraction of sp³-hybridized carbons (Fsp3) is 0.370. The number of benzene rings is 1. The van der Waals surface area contributed by atoms with Crippen LogP contribution < -0.4 is 0 Å². The quantitative estimate of drug-likeness (QED) is 0.548. The highest BCUT2D eigenvalue weighted by molar-refractivity contribution is 6.33. The van der Waals surface area contributed by atoms with Crippen LogP contribution in [0, 0.1) is 5.92 Å². The summed E-state index contributed by atoms with van der Waals surface area (Å²) >= 11 is 6.62. The molecule has 1 aliphatic rings. The van der Waals surface area contributed by atoms with Gasteiger partial charge in [-0.15, -0.1) is 0 Å². The average Bonchev–Trinajstić information content (AvgIpc) is 2.80. The van der Waals surface area contributed by atoms with Gasteiger partial charge in [0.05, 0.1) is 6.10 Å². The molecule has 3 heterocycles. The van der Waals surface area contributed by atoms with Gasteiger partial charge in [-0.25, -0.2) is 0 Å². The number of amides is 1. The summed E-state index contributed by atoms with van der Waals surface area (Å²) in [7, 11) is 0. The highest BCUT2D eigenvalue weighted by Gasteiger charge is 2.28. The van der Waals surface area contributed by atoms with Crippen molar-refractivity contribution in [1.82, 2.24) is 14.9 Å². The second kappa shape index (κ2) is 9.24. The minimum absolute atomic E-state index is 0.0465. The smallest absolute Gasteiger partial charge is 0.253 e. The standard InChI is InChI=1S/C27H30ClN3O2/c1-17-8-10-31(16-24(17)32)26(33)19-5-6-22(23(28)12-19)21-11-20(14-29-15-21)18-7-9-30-25(13-18)27(2,3)4/h5-7,9,11-15,17,24,32H,8,10,16H2,1-4H3/t17-,24-/m0/s1. The second-order valence-electron chi connectivity index (χ2n) is 9.92. The lowest BCUT2D eigenvalue weighted by molar-refractivity contribution is 0.0248. The molecule has 1 aromatic carbocycles. The molecular weight excluding hydrogens is 434 g/mol. The topological polar surface area (TPSA) is 66.3 Å². The number of halogens is 1. The Kier molecular flexibility index (Phi) is 6.55. The fourth-order valence-electron chi connectivity index (χ4n) is 4.06. The molecule has 6 heteroatoms. The number of aliphatic hydroxyl groups excluding tert-OH is 1. The van der Waals surface area contributed by atoms with E-state index < -0.39 is 6.10 Å². The highest BCUT2D eigenvalue weighted by Crippen LogP contribution is 2.32. The molecule has 1 saturated heterocycles. The molecule has 0 radical (unpaired) electrons. The van der Waals surface area contributed by atoms with Crippen LogP contribution in [0.4, 0.5) is 0 Å². The average molecular weight is 464 g/mol. The minimum Gasteiger partial charge on any atom is -0.391 e. The van der Waals surface area contributed by atoms with Crippen LogP contribution in [0.5, 0.6) is 0 Å². The number of aliphatic hydroxyl groups is 1. The van der Waals surface area contributed by atoms with Crippen LogP contribution in [0.2, 0.25) is 5.02 Å². The number of rotatable bonds is 3. The van der Waals surface area contributed by atoms with E-state index in [-0.39, 0.29) is 17.2 Å². The van der Waals surface area contributed by atoms with Crippen LogP contribution in [-0.2, 0) is 5.41 Å². The number of hydrogen-bond acceptors (Lipinski definition) is 4. The van der Waals surface area contributed by atoms with Crippen molar-refractivity contribution in [1.29, 1.82) is 0 Å².